The summed E-state index contributed by atoms with van der Waals surface area (Å²) in [4.78, 5) is 26.1. The average molecular weight is 504 g/mol. The van der Waals surface area contributed by atoms with Crippen LogP contribution in [-0.4, -0.2) is 23.5 Å². The summed E-state index contributed by atoms with van der Waals surface area (Å²) in [5, 5.41) is 13.0. The highest BCUT2D eigenvalue weighted by Crippen LogP contribution is 2.27. The minimum Gasteiger partial charge on any atom is -0.446 e. The van der Waals surface area contributed by atoms with E-state index in [0.717, 1.165) is 11.1 Å². The summed E-state index contributed by atoms with van der Waals surface area (Å²) in [5.41, 5.74) is 8.24. The second-order valence-electron chi connectivity index (χ2n) is 9.38. The Bertz CT molecular complexity index is 1280. The third-order valence-electron chi connectivity index (χ3n) is 6.18. The topological polar surface area (TPSA) is 105 Å². The average Bonchev–Trinajstić information content (AvgIpc) is 2.83. The molecule has 0 heterocycles. The minimum absolute atomic E-state index is 0.151. The number of rotatable bonds is 8. The first-order valence-corrected chi connectivity index (χ1v) is 12.0. The van der Waals surface area contributed by atoms with Gasteiger partial charge >= 0.3 is 5.97 Å². The van der Waals surface area contributed by atoms with Gasteiger partial charge in [-0.25, -0.2) is 4.79 Å². The number of carbonyl (C=O) groups is 2. The van der Waals surface area contributed by atoms with Gasteiger partial charge in [-0.05, 0) is 81.1 Å². The summed E-state index contributed by atoms with van der Waals surface area (Å²) in [5.74, 6) is -1.24. The number of ether oxygens (including phenoxy) is 1. The quantitative estimate of drug-likeness (QED) is 0.309. The Morgan fingerprint density at radius 3 is 2.42 bits per heavy atom. The molecule has 186 valence electrons. The molecule has 1 amide bonds. The number of esters is 1. The van der Waals surface area contributed by atoms with Crippen LogP contribution in [0, 0.1) is 18.3 Å². The molecule has 0 aromatic heterocycles. The number of nitriles is 1. The lowest BCUT2D eigenvalue weighted by Crippen LogP contribution is -2.50. The fourth-order valence-electron chi connectivity index (χ4n) is 4.08. The van der Waals surface area contributed by atoms with Crippen LogP contribution < -0.4 is 11.1 Å². The summed E-state index contributed by atoms with van der Waals surface area (Å²) in [6, 6.07) is 21.8. The smallest absolute Gasteiger partial charge is 0.341 e. The van der Waals surface area contributed by atoms with Crippen LogP contribution in [0.3, 0.4) is 0 Å². The van der Waals surface area contributed by atoms with E-state index < -0.39 is 17.5 Å². The number of carbonyl (C=O) groups excluding carboxylic acids is 2. The maximum absolute atomic E-state index is 13.3. The predicted octanol–water partition coefficient (Wildman–Crippen LogP) is 5.57. The normalized spacial score (nSPS) is 12.8. The molecular formula is C29H30ClN3O3. The second kappa shape index (κ2) is 11.3. The van der Waals surface area contributed by atoms with Crippen molar-refractivity contribution in [3.05, 3.63) is 99.6 Å². The van der Waals surface area contributed by atoms with Gasteiger partial charge in [-0.15, -0.1) is 0 Å². The van der Waals surface area contributed by atoms with Crippen LogP contribution in [0.15, 0.2) is 66.7 Å². The third kappa shape index (κ3) is 6.44. The number of benzene rings is 3. The van der Waals surface area contributed by atoms with Gasteiger partial charge in [0.1, 0.15) is 0 Å². The Morgan fingerprint density at radius 2 is 1.78 bits per heavy atom. The molecule has 0 aliphatic carbocycles. The maximum Gasteiger partial charge on any atom is 0.341 e. The number of nitrogens with two attached hydrogens (primary N) is 1. The summed E-state index contributed by atoms with van der Waals surface area (Å²) < 4.78 is 5.61. The molecule has 2 atom stereocenters. The summed E-state index contributed by atoms with van der Waals surface area (Å²) in [6.45, 7) is 6.76. The van der Waals surface area contributed by atoms with E-state index in [0.29, 0.717) is 28.3 Å². The number of nitrogens with one attached hydrogen (secondary N) is 1. The van der Waals surface area contributed by atoms with E-state index in [1.165, 1.54) is 0 Å². The fourth-order valence-corrected chi connectivity index (χ4v) is 4.20. The molecule has 0 spiro atoms. The molecule has 7 heteroatoms. The highest BCUT2D eigenvalue weighted by Gasteiger charge is 2.35. The number of amides is 1. The lowest BCUT2D eigenvalue weighted by molar-refractivity contribution is -0.138. The molecule has 3 aromatic carbocycles. The van der Waals surface area contributed by atoms with Gasteiger partial charge in [-0.2, -0.15) is 5.26 Å². The van der Waals surface area contributed by atoms with Gasteiger partial charge in [-0.1, -0.05) is 48.0 Å². The first-order chi connectivity index (χ1) is 17.0. The fraction of sp³-hybridized carbons (Fsp3) is 0.276. The Labute approximate surface area is 217 Å². The van der Waals surface area contributed by atoms with Crippen LogP contribution in [0.1, 0.15) is 59.3 Å². The Morgan fingerprint density at radius 1 is 1.11 bits per heavy atom. The molecule has 0 bridgehead atoms. The highest BCUT2D eigenvalue weighted by molar-refractivity contribution is 6.30. The van der Waals surface area contributed by atoms with Gasteiger partial charge in [0.2, 0.25) is 0 Å². The van der Waals surface area contributed by atoms with E-state index in [1.807, 2.05) is 49.4 Å². The number of nitrogens with zero attached hydrogens (tertiary/aromatic N) is 1. The van der Waals surface area contributed by atoms with Gasteiger partial charge in [-0.3, -0.25) is 4.79 Å². The molecule has 0 aliphatic rings. The Balaban J connectivity index is 1.82. The van der Waals surface area contributed by atoms with Crippen molar-refractivity contribution in [1.82, 2.24) is 5.32 Å². The van der Waals surface area contributed by atoms with Crippen molar-refractivity contribution in [2.24, 2.45) is 0 Å². The van der Waals surface area contributed by atoms with E-state index in [4.69, 9.17) is 22.1 Å². The Kier molecular flexibility index (Phi) is 8.39. The molecule has 0 unspecified atom stereocenters. The second-order valence-corrected chi connectivity index (χ2v) is 9.81. The lowest BCUT2D eigenvalue weighted by Gasteiger charge is -2.30. The molecule has 3 aromatic rings. The number of anilines is 1. The highest BCUT2D eigenvalue weighted by atomic mass is 35.5. The number of aryl methyl sites for hydroxylation is 1. The molecular weight excluding hydrogens is 474 g/mol. The van der Waals surface area contributed by atoms with Crippen molar-refractivity contribution in [1.29, 1.82) is 5.26 Å². The zero-order valence-electron chi connectivity index (χ0n) is 20.8. The standard InChI is InChI=1S/C29H30ClN3O3/c1-18-7-5-10-25(32)26(18)27(34)36-29(3,4)28(35)33-19(2)24(16-20-11-13-23(30)14-12-20)22-9-6-8-21(15-22)17-31/h5-15,19,24H,16,32H2,1-4H3,(H,33,35)/t19-,24+/m0/s1. The minimum atomic E-state index is -1.45. The number of hydrogen-bond acceptors (Lipinski definition) is 5. The van der Waals surface area contributed by atoms with Crippen molar-refractivity contribution in [3.63, 3.8) is 0 Å². The van der Waals surface area contributed by atoms with Crippen molar-refractivity contribution in [3.8, 4) is 6.07 Å². The van der Waals surface area contributed by atoms with E-state index in [1.54, 1.807) is 45.0 Å². The van der Waals surface area contributed by atoms with Crippen LogP contribution in [-0.2, 0) is 16.0 Å². The lowest BCUT2D eigenvalue weighted by atomic mass is 9.85. The molecule has 0 fully saturated rings. The van der Waals surface area contributed by atoms with E-state index in [2.05, 4.69) is 11.4 Å². The SMILES string of the molecule is Cc1cccc(N)c1C(=O)OC(C)(C)C(=O)N[C@@H](C)[C@@H](Cc1ccc(Cl)cc1)c1cccc(C#N)c1. The first kappa shape index (κ1) is 26.8. The van der Waals surface area contributed by atoms with Crippen LogP contribution in [0.5, 0.6) is 0 Å². The molecule has 6 nitrogen and oxygen atoms in total. The van der Waals surface area contributed by atoms with Crippen LogP contribution >= 0.6 is 11.6 Å². The van der Waals surface area contributed by atoms with Crippen LogP contribution in [0.2, 0.25) is 5.02 Å². The number of hydrogen-bond donors (Lipinski definition) is 2. The maximum atomic E-state index is 13.3. The molecule has 0 aliphatic heterocycles. The van der Waals surface area contributed by atoms with Crippen molar-refractivity contribution in [2.75, 3.05) is 5.73 Å². The summed E-state index contributed by atoms with van der Waals surface area (Å²) >= 11 is 6.05. The van der Waals surface area contributed by atoms with E-state index in [-0.39, 0.29) is 17.5 Å². The van der Waals surface area contributed by atoms with E-state index in [9.17, 15) is 14.9 Å². The zero-order valence-corrected chi connectivity index (χ0v) is 21.6. The monoisotopic (exact) mass is 503 g/mol. The predicted molar refractivity (Wildman–Crippen MR) is 142 cm³/mol. The Hall–Kier alpha value is -3.82. The van der Waals surface area contributed by atoms with Gasteiger partial charge in [0, 0.05) is 22.7 Å². The largest absolute Gasteiger partial charge is 0.446 e. The third-order valence-corrected chi connectivity index (χ3v) is 6.43. The number of halogens is 1. The molecule has 36 heavy (non-hydrogen) atoms. The van der Waals surface area contributed by atoms with Gasteiger partial charge < -0.3 is 15.8 Å². The van der Waals surface area contributed by atoms with Crippen LogP contribution in [0.25, 0.3) is 0 Å². The van der Waals surface area contributed by atoms with E-state index >= 15 is 0 Å². The molecule has 3 rings (SSSR count). The molecule has 0 saturated heterocycles. The summed E-state index contributed by atoms with van der Waals surface area (Å²) in [6.07, 6.45) is 0.605. The van der Waals surface area contributed by atoms with Crippen molar-refractivity contribution < 1.29 is 14.3 Å². The van der Waals surface area contributed by atoms with Gasteiger partial charge in [0.05, 0.1) is 17.2 Å². The summed E-state index contributed by atoms with van der Waals surface area (Å²) in [7, 11) is 0. The van der Waals surface area contributed by atoms with Crippen LogP contribution in [0.4, 0.5) is 5.69 Å². The zero-order chi connectivity index (χ0) is 26.5. The molecule has 0 saturated carbocycles. The van der Waals surface area contributed by atoms with Gasteiger partial charge in [0.15, 0.2) is 5.60 Å². The molecule has 3 N–H and O–H groups in total. The van der Waals surface area contributed by atoms with Crippen molar-refractivity contribution >= 4 is 29.2 Å². The number of nitrogen functional groups attached to an aromatic ring is 1. The van der Waals surface area contributed by atoms with Gasteiger partial charge in [0.25, 0.3) is 5.91 Å². The molecule has 0 radical (unpaired) electrons. The van der Waals surface area contributed by atoms with Crippen molar-refractivity contribution in [2.45, 2.75) is 51.7 Å². The first-order valence-electron chi connectivity index (χ1n) is 11.7.